The molecule has 0 aromatic carbocycles. The number of nitrogens with two attached hydrogens (primary N) is 1. The van der Waals surface area contributed by atoms with Crippen molar-refractivity contribution in [3.05, 3.63) is 18.3 Å². The van der Waals surface area contributed by atoms with Gasteiger partial charge in [-0.25, -0.2) is 4.98 Å². The van der Waals surface area contributed by atoms with E-state index in [-0.39, 0.29) is 29.4 Å². The first-order valence-corrected chi connectivity index (χ1v) is 7.35. The molecule has 0 spiro atoms. The lowest BCUT2D eigenvalue weighted by Gasteiger charge is -2.43. The summed E-state index contributed by atoms with van der Waals surface area (Å²) in [7, 11) is 0. The molecule has 2 saturated carbocycles. The van der Waals surface area contributed by atoms with E-state index in [0.717, 1.165) is 25.7 Å². The molecule has 2 bridgehead atoms. The Hall–Kier alpha value is -1.62. The van der Waals surface area contributed by atoms with Crippen LogP contribution >= 0.6 is 0 Å². The molecule has 2 unspecified atom stereocenters. The third kappa shape index (κ3) is 2.50. The highest BCUT2D eigenvalue weighted by Crippen LogP contribution is 2.42. The highest BCUT2D eigenvalue weighted by atomic mass is 16.3. The smallest absolute Gasteiger partial charge is 0.228 e. The number of nitrogens with zero attached hydrogens (tertiary/aromatic N) is 1. The molecule has 20 heavy (non-hydrogen) atoms. The Morgan fingerprint density at radius 1 is 1.35 bits per heavy atom. The molecule has 1 amide bonds. The molecule has 3 rings (SSSR count). The minimum atomic E-state index is -0.0391. The van der Waals surface area contributed by atoms with E-state index in [9.17, 15) is 9.90 Å². The van der Waals surface area contributed by atoms with Crippen LogP contribution in [0.25, 0.3) is 0 Å². The molecule has 1 heterocycles. The number of fused-ring (bicyclic) bond motifs is 2. The van der Waals surface area contributed by atoms with Crippen molar-refractivity contribution in [1.82, 2.24) is 4.98 Å². The van der Waals surface area contributed by atoms with Crippen molar-refractivity contribution in [2.45, 2.75) is 38.1 Å². The molecular formula is C15H21N3O2. The van der Waals surface area contributed by atoms with Crippen molar-refractivity contribution in [3.8, 4) is 5.75 Å². The van der Waals surface area contributed by atoms with Gasteiger partial charge in [0.15, 0.2) is 11.6 Å². The summed E-state index contributed by atoms with van der Waals surface area (Å²) in [5, 5.41) is 12.4. The van der Waals surface area contributed by atoms with Gasteiger partial charge in [0.2, 0.25) is 5.91 Å². The average Bonchev–Trinajstić information content (AvgIpc) is 2.41. The van der Waals surface area contributed by atoms with E-state index < -0.39 is 0 Å². The van der Waals surface area contributed by atoms with Crippen LogP contribution in [0, 0.1) is 17.8 Å². The Morgan fingerprint density at radius 3 is 2.70 bits per heavy atom. The Balaban J connectivity index is 1.68. The second kappa shape index (κ2) is 5.40. The van der Waals surface area contributed by atoms with Crippen LogP contribution in [0.2, 0.25) is 0 Å². The Labute approximate surface area is 118 Å². The lowest BCUT2D eigenvalue weighted by atomic mass is 9.65. The lowest BCUT2D eigenvalue weighted by molar-refractivity contribution is -0.122. The summed E-state index contributed by atoms with van der Waals surface area (Å²) >= 11 is 0. The molecule has 2 atom stereocenters. The van der Waals surface area contributed by atoms with E-state index in [4.69, 9.17) is 5.73 Å². The van der Waals surface area contributed by atoms with Gasteiger partial charge in [-0.1, -0.05) is 6.42 Å². The van der Waals surface area contributed by atoms with Gasteiger partial charge < -0.3 is 16.2 Å². The van der Waals surface area contributed by atoms with Crippen LogP contribution in [-0.2, 0) is 4.79 Å². The molecule has 1 aromatic rings. The fourth-order valence-electron chi connectivity index (χ4n) is 3.72. The zero-order valence-corrected chi connectivity index (χ0v) is 11.5. The largest absolute Gasteiger partial charge is 0.504 e. The highest BCUT2D eigenvalue weighted by molar-refractivity contribution is 5.92. The van der Waals surface area contributed by atoms with Crippen LogP contribution in [0.15, 0.2) is 18.3 Å². The molecule has 4 N–H and O–H groups in total. The van der Waals surface area contributed by atoms with E-state index >= 15 is 0 Å². The maximum atomic E-state index is 12.4. The summed E-state index contributed by atoms with van der Waals surface area (Å²) in [4.78, 5) is 16.3. The number of hydrogen-bond acceptors (Lipinski definition) is 4. The van der Waals surface area contributed by atoms with Gasteiger partial charge in [-0.3, -0.25) is 4.79 Å². The van der Waals surface area contributed by atoms with Gasteiger partial charge in [0.05, 0.1) is 0 Å². The number of nitrogens with one attached hydrogen (secondary N) is 1. The molecule has 2 fully saturated rings. The fraction of sp³-hybridized carbons (Fsp3) is 0.600. The maximum absolute atomic E-state index is 12.4. The summed E-state index contributed by atoms with van der Waals surface area (Å²) in [6.45, 7) is 0. The molecule has 5 nitrogen and oxygen atoms in total. The third-order valence-corrected chi connectivity index (χ3v) is 4.81. The topological polar surface area (TPSA) is 88.2 Å². The molecule has 0 radical (unpaired) electrons. The monoisotopic (exact) mass is 275 g/mol. The third-order valence-electron chi connectivity index (χ3n) is 4.81. The number of aromatic hydroxyl groups is 1. The molecule has 1 aromatic heterocycles. The molecule has 108 valence electrons. The Bertz CT molecular complexity index is 492. The van der Waals surface area contributed by atoms with Crippen molar-refractivity contribution < 1.29 is 9.90 Å². The van der Waals surface area contributed by atoms with Crippen LogP contribution in [0.3, 0.4) is 0 Å². The first-order chi connectivity index (χ1) is 9.65. The van der Waals surface area contributed by atoms with Gasteiger partial charge in [-0.15, -0.1) is 0 Å². The molecule has 0 saturated heterocycles. The Morgan fingerprint density at radius 2 is 2.05 bits per heavy atom. The average molecular weight is 275 g/mol. The summed E-state index contributed by atoms with van der Waals surface area (Å²) in [6, 6.07) is 3.42. The van der Waals surface area contributed by atoms with Crippen LogP contribution in [0.5, 0.6) is 5.75 Å². The van der Waals surface area contributed by atoms with Gasteiger partial charge in [0.25, 0.3) is 0 Å². The van der Waals surface area contributed by atoms with E-state index in [2.05, 4.69) is 10.3 Å². The summed E-state index contributed by atoms with van der Waals surface area (Å²) in [5.41, 5.74) is 6.24. The summed E-state index contributed by atoms with van der Waals surface area (Å²) < 4.78 is 0. The number of anilines is 1. The number of hydrogen-bond donors (Lipinski definition) is 3. The van der Waals surface area contributed by atoms with E-state index in [1.54, 1.807) is 12.3 Å². The van der Waals surface area contributed by atoms with Gasteiger partial charge in [-0.05, 0) is 49.7 Å². The number of amides is 1. The number of aromatic nitrogens is 1. The molecule has 2 aliphatic carbocycles. The minimum Gasteiger partial charge on any atom is -0.504 e. The molecule has 2 aliphatic rings. The lowest BCUT2D eigenvalue weighted by Crippen LogP contribution is -2.48. The van der Waals surface area contributed by atoms with E-state index in [1.165, 1.54) is 12.5 Å². The molecule has 0 aliphatic heterocycles. The highest BCUT2D eigenvalue weighted by Gasteiger charge is 2.40. The zero-order valence-electron chi connectivity index (χ0n) is 11.5. The standard InChI is InChI=1S/C15H21N3O2/c16-13-9-3-1-4-10(13)8-11(7-9)15(20)18-14-12(19)5-2-6-17-14/h2,5-6,9-11,13,19H,1,3-4,7-8,16H2,(H,17,18,20). The molecule has 5 heteroatoms. The van der Waals surface area contributed by atoms with Crippen LogP contribution in [0.1, 0.15) is 32.1 Å². The van der Waals surface area contributed by atoms with Gasteiger partial charge >= 0.3 is 0 Å². The number of pyridine rings is 1. The normalized spacial score (nSPS) is 32.6. The van der Waals surface area contributed by atoms with Crippen molar-refractivity contribution in [1.29, 1.82) is 0 Å². The van der Waals surface area contributed by atoms with Crippen molar-refractivity contribution in [3.63, 3.8) is 0 Å². The van der Waals surface area contributed by atoms with Crippen molar-refractivity contribution >= 4 is 11.7 Å². The zero-order chi connectivity index (χ0) is 14.1. The maximum Gasteiger partial charge on any atom is 0.228 e. The first-order valence-electron chi connectivity index (χ1n) is 7.35. The predicted octanol–water partition coefficient (Wildman–Crippen LogP) is 1.88. The second-order valence-electron chi connectivity index (χ2n) is 6.06. The van der Waals surface area contributed by atoms with Crippen molar-refractivity contribution in [2.24, 2.45) is 23.5 Å². The summed E-state index contributed by atoms with van der Waals surface area (Å²) in [6.07, 6.45) is 6.78. The second-order valence-corrected chi connectivity index (χ2v) is 6.06. The van der Waals surface area contributed by atoms with Crippen LogP contribution < -0.4 is 11.1 Å². The summed E-state index contributed by atoms with van der Waals surface area (Å²) in [5.74, 6) is 1.14. The molecular weight excluding hydrogens is 254 g/mol. The Kier molecular flexibility index (Phi) is 3.61. The van der Waals surface area contributed by atoms with Crippen LogP contribution in [0.4, 0.5) is 5.82 Å². The first kappa shape index (κ1) is 13.4. The fourth-order valence-corrected chi connectivity index (χ4v) is 3.72. The van der Waals surface area contributed by atoms with Gasteiger partial charge in [0.1, 0.15) is 0 Å². The quantitative estimate of drug-likeness (QED) is 0.769. The SMILES string of the molecule is NC1C2CCCC1CC(C(=O)Nc1ncccc1O)C2. The minimum absolute atomic E-state index is 0.00786. The van der Waals surface area contributed by atoms with E-state index in [0.29, 0.717) is 11.8 Å². The van der Waals surface area contributed by atoms with Crippen LogP contribution in [-0.4, -0.2) is 22.0 Å². The number of carbonyl (C=O) groups excluding carboxylic acids is 1. The van der Waals surface area contributed by atoms with Gasteiger partial charge in [-0.2, -0.15) is 0 Å². The van der Waals surface area contributed by atoms with Crippen molar-refractivity contribution in [2.75, 3.05) is 5.32 Å². The van der Waals surface area contributed by atoms with E-state index in [1.807, 2.05) is 0 Å². The number of carbonyl (C=O) groups is 1. The predicted molar refractivity (Wildman–Crippen MR) is 76.1 cm³/mol. The van der Waals surface area contributed by atoms with Gasteiger partial charge in [0, 0.05) is 18.2 Å². The number of rotatable bonds is 2.